The summed E-state index contributed by atoms with van der Waals surface area (Å²) >= 11 is 0. The van der Waals surface area contributed by atoms with Crippen LogP contribution in [0.4, 0.5) is 5.69 Å². The topological polar surface area (TPSA) is 66.3 Å². The molecule has 0 aliphatic rings. The van der Waals surface area contributed by atoms with Gasteiger partial charge in [-0.3, -0.25) is 0 Å². The Hall–Kier alpha value is -1.65. The normalized spacial score (nSPS) is 12.5. The fourth-order valence-electron chi connectivity index (χ4n) is 1.97. The van der Waals surface area contributed by atoms with Gasteiger partial charge in [0.1, 0.15) is 5.82 Å². The maximum atomic E-state index is 11.4. The average Bonchev–Trinajstić information content (AvgIpc) is 2.39. The fourth-order valence-corrected chi connectivity index (χ4v) is 1.97. The van der Waals surface area contributed by atoms with Crippen molar-refractivity contribution in [3.8, 4) is 0 Å². The summed E-state index contributed by atoms with van der Waals surface area (Å²) in [5.74, 6) is -0.312. The van der Waals surface area contributed by atoms with Gasteiger partial charge in [-0.2, -0.15) is 0 Å². The molecule has 106 valence electrons. The summed E-state index contributed by atoms with van der Waals surface area (Å²) in [7, 11) is 0. The highest BCUT2D eigenvalue weighted by molar-refractivity contribution is 5.92. The van der Waals surface area contributed by atoms with Gasteiger partial charge in [0.15, 0.2) is 5.69 Å². The molecule has 0 bridgehead atoms. The minimum atomic E-state index is -0.999. The van der Waals surface area contributed by atoms with E-state index in [4.69, 9.17) is 0 Å². The van der Waals surface area contributed by atoms with Gasteiger partial charge in [-0.25, -0.2) is 14.8 Å². The first-order valence-corrected chi connectivity index (χ1v) is 6.79. The molecule has 0 fully saturated rings. The molecule has 0 saturated carbocycles. The van der Waals surface area contributed by atoms with E-state index in [1.54, 1.807) is 6.20 Å². The second-order valence-corrected chi connectivity index (χ2v) is 4.97. The third kappa shape index (κ3) is 3.43. The Balaban J connectivity index is 3.29. The highest BCUT2D eigenvalue weighted by atomic mass is 16.4. The minimum absolute atomic E-state index is 0.0980. The van der Waals surface area contributed by atoms with Crippen LogP contribution < -0.4 is 4.90 Å². The van der Waals surface area contributed by atoms with Gasteiger partial charge in [0.2, 0.25) is 0 Å². The van der Waals surface area contributed by atoms with Gasteiger partial charge in [0.05, 0.1) is 11.9 Å². The molecule has 19 heavy (non-hydrogen) atoms. The van der Waals surface area contributed by atoms with Crippen molar-refractivity contribution in [3.63, 3.8) is 0 Å². The molecule has 1 unspecified atom stereocenters. The lowest BCUT2D eigenvalue weighted by Gasteiger charge is -2.30. The van der Waals surface area contributed by atoms with Gasteiger partial charge < -0.3 is 10.0 Å². The molecule has 1 aromatic heterocycles. The van der Waals surface area contributed by atoms with Crippen LogP contribution in [0.1, 0.15) is 63.3 Å². The maximum Gasteiger partial charge on any atom is 0.356 e. The molecule has 5 nitrogen and oxygen atoms in total. The van der Waals surface area contributed by atoms with E-state index in [1.807, 2.05) is 25.7 Å². The lowest BCUT2D eigenvalue weighted by atomic mass is 10.1. The van der Waals surface area contributed by atoms with Gasteiger partial charge in [-0.1, -0.05) is 20.8 Å². The van der Waals surface area contributed by atoms with Crippen molar-refractivity contribution in [2.24, 2.45) is 0 Å². The quantitative estimate of drug-likeness (QED) is 0.856. The molecule has 0 aliphatic heterocycles. The standard InChI is InChI=1S/C14H23N3O2/c1-6-10(5)17(7-2)11-8-15-13(9(3)4)16-12(11)14(18)19/h8-10H,6-7H2,1-5H3,(H,18,19). The highest BCUT2D eigenvalue weighted by Crippen LogP contribution is 2.23. The first-order valence-electron chi connectivity index (χ1n) is 6.79. The Bertz CT molecular complexity index is 446. The number of carboxylic acids is 1. The predicted molar refractivity (Wildman–Crippen MR) is 75.9 cm³/mol. The van der Waals surface area contributed by atoms with Crippen LogP contribution in [0.25, 0.3) is 0 Å². The van der Waals surface area contributed by atoms with Crippen LogP contribution in [-0.4, -0.2) is 33.6 Å². The van der Waals surface area contributed by atoms with E-state index in [9.17, 15) is 9.90 Å². The number of anilines is 1. The van der Waals surface area contributed by atoms with E-state index < -0.39 is 5.97 Å². The molecule has 1 atom stereocenters. The molecule has 1 heterocycles. The van der Waals surface area contributed by atoms with E-state index in [2.05, 4.69) is 23.8 Å². The first kappa shape index (κ1) is 15.4. The van der Waals surface area contributed by atoms with Crippen molar-refractivity contribution in [3.05, 3.63) is 17.7 Å². The van der Waals surface area contributed by atoms with Crippen molar-refractivity contribution in [1.29, 1.82) is 0 Å². The van der Waals surface area contributed by atoms with Crippen molar-refractivity contribution < 1.29 is 9.90 Å². The van der Waals surface area contributed by atoms with Gasteiger partial charge in [-0.15, -0.1) is 0 Å². The average molecular weight is 265 g/mol. The Morgan fingerprint density at radius 2 is 2.00 bits per heavy atom. The van der Waals surface area contributed by atoms with E-state index in [-0.39, 0.29) is 17.7 Å². The molecule has 0 aliphatic carbocycles. The van der Waals surface area contributed by atoms with Gasteiger partial charge >= 0.3 is 5.97 Å². The van der Waals surface area contributed by atoms with E-state index in [0.29, 0.717) is 11.5 Å². The van der Waals surface area contributed by atoms with Crippen molar-refractivity contribution >= 4 is 11.7 Å². The summed E-state index contributed by atoms with van der Waals surface area (Å²) in [5, 5.41) is 9.35. The van der Waals surface area contributed by atoms with E-state index >= 15 is 0 Å². The summed E-state index contributed by atoms with van der Waals surface area (Å²) in [6.07, 6.45) is 2.58. The second kappa shape index (κ2) is 6.50. The lowest BCUT2D eigenvalue weighted by molar-refractivity contribution is 0.0690. The smallest absolute Gasteiger partial charge is 0.356 e. The number of aromatic carboxylic acids is 1. The zero-order valence-electron chi connectivity index (χ0n) is 12.3. The predicted octanol–water partition coefficient (Wildman–Crippen LogP) is 2.92. The van der Waals surface area contributed by atoms with Crippen LogP contribution in [0.2, 0.25) is 0 Å². The highest BCUT2D eigenvalue weighted by Gasteiger charge is 2.21. The molecule has 0 spiro atoms. The third-order valence-electron chi connectivity index (χ3n) is 3.28. The van der Waals surface area contributed by atoms with Crippen LogP contribution in [0, 0.1) is 0 Å². The van der Waals surface area contributed by atoms with Gasteiger partial charge in [0, 0.05) is 18.5 Å². The molecule has 0 radical (unpaired) electrons. The number of carboxylic acid groups (broad SMARTS) is 1. The summed E-state index contributed by atoms with van der Waals surface area (Å²) in [6, 6.07) is 0.261. The van der Waals surface area contributed by atoms with E-state index in [1.165, 1.54) is 0 Å². The number of rotatable bonds is 6. The van der Waals surface area contributed by atoms with Crippen LogP contribution in [0.5, 0.6) is 0 Å². The van der Waals surface area contributed by atoms with Gasteiger partial charge in [0.25, 0.3) is 0 Å². The molecule has 1 rings (SSSR count). The number of hydrogen-bond donors (Lipinski definition) is 1. The monoisotopic (exact) mass is 265 g/mol. The van der Waals surface area contributed by atoms with Crippen LogP contribution >= 0.6 is 0 Å². The number of hydrogen-bond acceptors (Lipinski definition) is 4. The Morgan fingerprint density at radius 3 is 2.42 bits per heavy atom. The van der Waals surface area contributed by atoms with Crippen molar-refractivity contribution in [2.45, 2.75) is 53.0 Å². The minimum Gasteiger partial charge on any atom is -0.476 e. The van der Waals surface area contributed by atoms with Gasteiger partial charge in [-0.05, 0) is 20.3 Å². The van der Waals surface area contributed by atoms with Crippen LogP contribution in [0.15, 0.2) is 6.20 Å². The Morgan fingerprint density at radius 1 is 1.37 bits per heavy atom. The zero-order chi connectivity index (χ0) is 14.6. The molecule has 1 N–H and O–H groups in total. The molecular formula is C14H23N3O2. The largest absolute Gasteiger partial charge is 0.476 e. The molecule has 5 heteroatoms. The summed E-state index contributed by atoms with van der Waals surface area (Å²) < 4.78 is 0. The lowest BCUT2D eigenvalue weighted by Crippen LogP contribution is -2.34. The van der Waals surface area contributed by atoms with Crippen LogP contribution in [0.3, 0.4) is 0 Å². The fraction of sp³-hybridized carbons (Fsp3) is 0.643. The summed E-state index contributed by atoms with van der Waals surface area (Å²) in [4.78, 5) is 21.9. The second-order valence-electron chi connectivity index (χ2n) is 4.97. The third-order valence-corrected chi connectivity index (χ3v) is 3.28. The SMILES string of the molecule is CCC(C)N(CC)c1cnc(C(C)C)nc1C(=O)O. The van der Waals surface area contributed by atoms with Crippen LogP contribution in [-0.2, 0) is 0 Å². The molecule has 0 aromatic carbocycles. The van der Waals surface area contributed by atoms with Crippen molar-refractivity contribution in [2.75, 3.05) is 11.4 Å². The molecule has 0 saturated heterocycles. The molecule has 0 amide bonds. The number of carbonyl (C=O) groups is 1. The first-order chi connectivity index (χ1) is 8.92. The Labute approximate surface area is 114 Å². The maximum absolute atomic E-state index is 11.4. The summed E-state index contributed by atoms with van der Waals surface area (Å²) in [5.41, 5.74) is 0.703. The zero-order valence-corrected chi connectivity index (χ0v) is 12.3. The molecule has 1 aromatic rings. The summed E-state index contributed by atoms with van der Waals surface area (Å²) in [6.45, 7) is 10.8. The molecular weight excluding hydrogens is 242 g/mol. The van der Waals surface area contributed by atoms with E-state index in [0.717, 1.165) is 13.0 Å². The number of nitrogens with zero attached hydrogens (tertiary/aromatic N) is 3. The van der Waals surface area contributed by atoms with Crippen molar-refractivity contribution in [1.82, 2.24) is 9.97 Å². The number of aromatic nitrogens is 2. The Kier molecular flexibility index (Phi) is 5.27.